The van der Waals surface area contributed by atoms with E-state index in [0.29, 0.717) is 17.8 Å². The van der Waals surface area contributed by atoms with E-state index in [9.17, 15) is 9.59 Å². The van der Waals surface area contributed by atoms with Crippen molar-refractivity contribution in [2.24, 2.45) is 0 Å². The van der Waals surface area contributed by atoms with Crippen molar-refractivity contribution in [3.63, 3.8) is 0 Å². The number of methoxy groups -OCH3 is 1. The Morgan fingerprint density at radius 3 is 2.43 bits per heavy atom. The molecular formula is C26H35N5O4. The van der Waals surface area contributed by atoms with Gasteiger partial charge in [0.25, 0.3) is 5.91 Å². The van der Waals surface area contributed by atoms with Gasteiger partial charge >= 0.3 is 6.03 Å². The van der Waals surface area contributed by atoms with Crippen LogP contribution in [0, 0.1) is 0 Å². The summed E-state index contributed by atoms with van der Waals surface area (Å²) in [5, 5.41) is 5.88. The first-order valence-electron chi connectivity index (χ1n) is 12.1. The predicted molar refractivity (Wildman–Crippen MR) is 138 cm³/mol. The van der Waals surface area contributed by atoms with Crippen molar-refractivity contribution < 1.29 is 19.1 Å². The minimum absolute atomic E-state index is 0.0587. The summed E-state index contributed by atoms with van der Waals surface area (Å²) in [5.74, 6) is 0.694. The number of ether oxygens (including phenoxy) is 2. The molecule has 2 aromatic carbocycles. The predicted octanol–water partition coefficient (Wildman–Crippen LogP) is 3.02. The maximum Gasteiger partial charge on any atom is 0.321 e. The molecule has 2 N–H and O–H groups in total. The fraction of sp³-hybridized carbons (Fsp3) is 0.462. The monoisotopic (exact) mass is 481 g/mol. The van der Waals surface area contributed by atoms with Crippen LogP contribution in [-0.4, -0.2) is 83.5 Å². The molecule has 9 heteroatoms. The van der Waals surface area contributed by atoms with Crippen LogP contribution in [0.1, 0.15) is 23.2 Å². The second-order valence-electron chi connectivity index (χ2n) is 9.05. The molecule has 4 rings (SSSR count). The average Bonchev–Trinajstić information content (AvgIpc) is 3.41. The summed E-state index contributed by atoms with van der Waals surface area (Å²) in [7, 11) is 5.05. The van der Waals surface area contributed by atoms with Crippen LogP contribution in [0.25, 0.3) is 0 Å². The van der Waals surface area contributed by atoms with Crippen LogP contribution in [0.4, 0.5) is 21.9 Å². The third-order valence-electron chi connectivity index (χ3n) is 6.46. The Bertz CT molecular complexity index is 1030. The maximum absolute atomic E-state index is 13.3. The molecule has 0 radical (unpaired) electrons. The summed E-state index contributed by atoms with van der Waals surface area (Å²) in [6.45, 7) is 4.34. The molecule has 2 aliphatic rings. The first-order valence-corrected chi connectivity index (χ1v) is 12.1. The second-order valence-corrected chi connectivity index (χ2v) is 9.05. The standard InChI is InChI=1S/C26H35N5O4/c1-29(2)26(33)28-19-10-11-22(21(17-19)25(32)27-18-20-7-6-16-35-20)30-12-14-31(15-13-30)23-8-4-5-9-24(23)34-3/h4-5,8-11,17,20H,6-7,12-16,18H2,1-3H3,(H,27,32)(H,28,33). The number of carbonyl (C=O) groups is 2. The van der Waals surface area contributed by atoms with E-state index in [1.807, 2.05) is 30.3 Å². The maximum atomic E-state index is 13.3. The molecule has 2 heterocycles. The number of urea groups is 1. The fourth-order valence-electron chi connectivity index (χ4n) is 4.49. The lowest BCUT2D eigenvalue weighted by molar-refractivity contribution is 0.0858. The number of piperazine rings is 1. The molecule has 0 bridgehead atoms. The average molecular weight is 482 g/mol. The van der Waals surface area contributed by atoms with E-state index in [0.717, 1.165) is 62.8 Å². The molecule has 1 unspecified atom stereocenters. The van der Waals surface area contributed by atoms with E-state index < -0.39 is 0 Å². The number of amides is 3. The Kier molecular flexibility index (Phi) is 7.97. The molecular weight excluding hydrogens is 446 g/mol. The van der Waals surface area contributed by atoms with Crippen molar-refractivity contribution >= 4 is 29.0 Å². The van der Waals surface area contributed by atoms with E-state index in [-0.39, 0.29) is 18.0 Å². The molecule has 2 saturated heterocycles. The lowest BCUT2D eigenvalue weighted by atomic mass is 10.1. The third-order valence-corrected chi connectivity index (χ3v) is 6.46. The quantitative estimate of drug-likeness (QED) is 0.632. The van der Waals surface area contributed by atoms with Crippen LogP contribution in [-0.2, 0) is 4.74 Å². The molecule has 188 valence electrons. The van der Waals surface area contributed by atoms with Gasteiger partial charge in [0.15, 0.2) is 0 Å². The third kappa shape index (κ3) is 5.97. The Hall–Kier alpha value is -3.46. The smallest absolute Gasteiger partial charge is 0.321 e. The molecule has 2 aliphatic heterocycles. The number of hydrogen-bond donors (Lipinski definition) is 2. The van der Waals surface area contributed by atoms with Crippen LogP contribution >= 0.6 is 0 Å². The minimum atomic E-state index is -0.242. The second kappa shape index (κ2) is 11.3. The van der Waals surface area contributed by atoms with Gasteiger partial charge in [0, 0.05) is 64.8 Å². The molecule has 3 amide bonds. The highest BCUT2D eigenvalue weighted by Gasteiger charge is 2.25. The van der Waals surface area contributed by atoms with Crippen molar-refractivity contribution in [2.75, 3.05) is 75.7 Å². The van der Waals surface area contributed by atoms with Gasteiger partial charge in [0.2, 0.25) is 0 Å². The van der Waals surface area contributed by atoms with E-state index >= 15 is 0 Å². The highest BCUT2D eigenvalue weighted by atomic mass is 16.5. The number of para-hydroxylation sites is 2. The number of benzene rings is 2. The topological polar surface area (TPSA) is 86.4 Å². The SMILES string of the molecule is COc1ccccc1N1CCN(c2ccc(NC(=O)N(C)C)cc2C(=O)NCC2CCCO2)CC1. The Balaban J connectivity index is 1.51. The van der Waals surface area contributed by atoms with Gasteiger partial charge in [-0.3, -0.25) is 4.79 Å². The number of nitrogens with zero attached hydrogens (tertiary/aromatic N) is 3. The zero-order valence-corrected chi connectivity index (χ0v) is 20.8. The van der Waals surface area contributed by atoms with Gasteiger partial charge in [-0.25, -0.2) is 4.79 Å². The number of rotatable bonds is 7. The summed E-state index contributed by atoms with van der Waals surface area (Å²) >= 11 is 0. The Morgan fingerprint density at radius 1 is 1.06 bits per heavy atom. The normalized spacial score (nSPS) is 17.7. The molecule has 2 fully saturated rings. The molecule has 0 aliphatic carbocycles. The molecule has 0 saturated carbocycles. The van der Waals surface area contributed by atoms with E-state index in [1.54, 1.807) is 27.3 Å². The zero-order chi connectivity index (χ0) is 24.8. The molecule has 1 atom stereocenters. The number of anilines is 3. The number of hydrogen-bond acceptors (Lipinski definition) is 6. The molecule has 0 aromatic heterocycles. The number of nitrogens with one attached hydrogen (secondary N) is 2. The molecule has 35 heavy (non-hydrogen) atoms. The van der Waals surface area contributed by atoms with Gasteiger partial charge in [-0.2, -0.15) is 0 Å². The first kappa shape index (κ1) is 24.7. The number of carbonyl (C=O) groups excluding carboxylic acids is 2. The largest absolute Gasteiger partial charge is 0.495 e. The molecule has 2 aromatic rings. The highest BCUT2D eigenvalue weighted by molar-refractivity contribution is 6.02. The van der Waals surface area contributed by atoms with Crippen molar-refractivity contribution in [3.05, 3.63) is 48.0 Å². The van der Waals surface area contributed by atoms with Gasteiger partial charge in [-0.1, -0.05) is 12.1 Å². The van der Waals surface area contributed by atoms with Gasteiger partial charge in [0.05, 0.1) is 24.5 Å². The van der Waals surface area contributed by atoms with Crippen molar-refractivity contribution in [3.8, 4) is 5.75 Å². The highest BCUT2D eigenvalue weighted by Crippen LogP contribution is 2.31. The molecule has 9 nitrogen and oxygen atoms in total. The summed E-state index contributed by atoms with van der Waals surface area (Å²) < 4.78 is 11.2. The van der Waals surface area contributed by atoms with Crippen molar-refractivity contribution in [1.29, 1.82) is 0 Å². The van der Waals surface area contributed by atoms with Crippen LogP contribution < -0.4 is 25.2 Å². The fourth-order valence-corrected chi connectivity index (χ4v) is 4.49. The zero-order valence-electron chi connectivity index (χ0n) is 20.8. The lowest BCUT2D eigenvalue weighted by Gasteiger charge is -2.38. The van der Waals surface area contributed by atoms with Crippen LogP contribution in [0.2, 0.25) is 0 Å². The summed E-state index contributed by atoms with van der Waals surface area (Å²) in [6, 6.07) is 13.3. The van der Waals surface area contributed by atoms with Crippen molar-refractivity contribution in [1.82, 2.24) is 10.2 Å². The van der Waals surface area contributed by atoms with E-state index in [2.05, 4.69) is 26.5 Å². The van der Waals surface area contributed by atoms with E-state index in [1.165, 1.54) is 4.90 Å². The summed E-state index contributed by atoms with van der Waals surface area (Å²) in [5.41, 5.74) is 3.07. The first-order chi connectivity index (χ1) is 17.0. The van der Waals surface area contributed by atoms with E-state index in [4.69, 9.17) is 9.47 Å². The van der Waals surface area contributed by atoms with Crippen molar-refractivity contribution in [2.45, 2.75) is 18.9 Å². The van der Waals surface area contributed by atoms with Crippen LogP contribution in [0.15, 0.2) is 42.5 Å². The van der Waals surface area contributed by atoms with Gasteiger partial charge in [-0.05, 0) is 43.2 Å². The summed E-state index contributed by atoms with van der Waals surface area (Å²) in [6.07, 6.45) is 2.04. The van der Waals surface area contributed by atoms with Gasteiger partial charge in [-0.15, -0.1) is 0 Å². The Morgan fingerprint density at radius 2 is 1.77 bits per heavy atom. The Labute approximate surface area is 207 Å². The van der Waals surface area contributed by atoms with Gasteiger partial charge < -0.3 is 34.8 Å². The van der Waals surface area contributed by atoms with Gasteiger partial charge in [0.1, 0.15) is 5.75 Å². The molecule has 0 spiro atoms. The summed E-state index contributed by atoms with van der Waals surface area (Å²) in [4.78, 5) is 31.4. The lowest BCUT2D eigenvalue weighted by Crippen LogP contribution is -2.47. The van der Waals surface area contributed by atoms with Crippen LogP contribution in [0.5, 0.6) is 5.75 Å². The minimum Gasteiger partial charge on any atom is -0.495 e. The van der Waals surface area contributed by atoms with Crippen LogP contribution in [0.3, 0.4) is 0 Å².